The smallest absolute Gasteiger partial charge is 0.305 e. The topological polar surface area (TPSA) is 35.5 Å². The summed E-state index contributed by atoms with van der Waals surface area (Å²) in [6.07, 6.45) is 4.31. The molecule has 0 aromatic carbocycles. The number of ether oxygens (including phenoxy) is 1. The van der Waals surface area contributed by atoms with Gasteiger partial charge in [-0.05, 0) is 37.9 Å². The Morgan fingerprint density at radius 2 is 1.79 bits per heavy atom. The number of carbonyl (C=O) groups excluding carboxylic acids is 1. The van der Waals surface area contributed by atoms with Gasteiger partial charge in [0, 0.05) is 13.0 Å². The van der Waals surface area contributed by atoms with Crippen LogP contribution in [0.2, 0.25) is 18.1 Å². The molecule has 0 fully saturated rings. The first-order chi connectivity index (χ1) is 8.60. The van der Waals surface area contributed by atoms with Crippen molar-refractivity contribution >= 4 is 14.3 Å². The Bertz CT molecular complexity index is 314. The van der Waals surface area contributed by atoms with Crippen LogP contribution in [0.3, 0.4) is 0 Å². The average Bonchev–Trinajstić information content (AvgIpc) is 2.30. The van der Waals surface area contributed by atoms with E-state index in [2.05, 4.69) is 51.6 Å². The lowest BCUT2D eigenvalue weighted by atomic mass is 10.1. The minimum atomic E-state index is -1.62. The molecule has 0 bridgehead atoms. The highest BCUT2D eigenvalue weighted by molar-refractivity contribution is 6.74. The van der Waals surface area contributed by atoms with Crippen LogP contribution in [0.15, 0.2) is 11.6 Å². The number of hydrogen-bond acceptors (Lipinski definition) is 3. The highest BCUT2D eigenvalue weighted by atomic mass is 28.4. The van der Waals surface area contributed by atoms with Gasteiger partial charge in [-0.3, -0.25) is 4.79 Å². The Labute approximate surface area is 119 Å². The van der Waals surface area contributed by atoms with E-state index in [1.165, 1.54) is 12.7 Å². The molecule has 0 N–H and O–H groups in total. The summed E-state index contributed by atoms with van der Waals surface area (Å²) in [7, 11) is -0.197. The summed E-state index contributed by atoms with van der Waals surface area (Å²) in [6.45, 7) is 14.1. The summed E-state index contributed by atoms with van der Waals surface area (Å²) < 4.78 is 10.7. The zero-order valence-corrected chi connectivity index (χ0v) is 14.6. The molecule has 0 aliphatic rings. The van der Waals surface area contributed by atoms with E-state index in [1.807, 2.05) is 0 Å². The highest BCUT2D eigenvalue weighted by Crippen LogP contribution is 2.36. The predicted molar refractivity (Wildman–Crippen MR) is 82.8 cm³/mol. The fourth-order valence-corrected chi connectivity index (χ4v) is 2.40. The molecule has 0 saturated heterocycles. The lowest BCUT2D eigenvalue weighted by Crippen LogP contribution is -2.40. The summed E-state index contributed by atoms with van der Waals surface area (Å²) >= 11 is 0. The predicted octanol–water partition coefficient (Wildman–Crippen LogP) is 4.30. The standard InChI is InChI=1S/C15H30O3Si/c1-13(10-11-14(16)17-5)9-8-12-18-19(6,7)15(2,3)4/h9H,8,10-12H2,1-7H3/b13-9+. The van der Waals surface area contributed by atoms with Gasteiger partial charge in [-0.25, -0.2) is 0 Å². The van der Waals surface area contributed by atoms with Crippen molar-refractivity contribution in [2.45, 2.75) is 65.1 Å². The Balaban J connectivity index is 3.99. The van der Waals surface area contributed by atoms with Crippen LogP contribution in [0, 0.1) is 0 Å². The summed E-state index contributed by atoms with van der Waals surface area (Å²) in [5.41, 5.74) is 1.23. The van der Waals surface area contributed by atoms with Gasteiger partial charge in [0.25, 0.3) is 0 Å². The Morgan fingerprint density at radius 1 is 1.21 bits per heavy atom. The Kier molecular flexibility index (Phi) is 7.60. The third-order valence-corrected chi connectivity index (χ3v) is 8.37. The van der Waals surface area contributed by atoms with Crippen LogP contribution in [0.5, 0.6) is 0 Å². The van der Waals surface area contributed by atoms with Crippen molar-refractivity contribution < 1.29 is 14.0 Å². The maximum Gasteiger partial charge on any atom is 0.305 e. The first kappa shape index (κ1) is 18.4. The first-order valence-corrected chi connectivity index (χ1v) is 9.87. The molecule has 0 aromatic rings. The van der Waals surface area contributed by atoms with Gasteiger partial charge < -0.3 is 9.16 Å². The molecular formula is C15H30O3Si. The van der Waals surface area contributed by atoms with Gasteiger partial charge in [-0.1, -0.05) is 32.4 Å². The van der Waals surface area contributed by atoms with E-state index < -0.39 is 8.32 Å². The van der Waals surface area contributed by atoms with Crippen molar-refractivity contribution in [2.24, 2.45) is 0 Å². The quantitative estimate of drug-likeness (QED) is 0.303. The van der Waals surface area contributed by atoms with E-state index in [0.717, 1.165) is 19.4 Å². The van der Waals surface area contributed by atoms with Crippen LogP contribution in [0.4, 0.5) is 0 Å². The lowest BCUT2D eigenvalue weighted by Gasteiger charge is -2.36. The number of methoxy groups -OCH3 is 1. The molecule has 0 rings (SSSR count). The third-order valence-electron chi connectivity index (χ3n) is 3.83. The van der Waals surface area contributed by atoms with Gasteiger partial charge in [-0.15, -0.1) is 0 Å². The number of rotatable bonds is 7. The molecule has 0 spiro atoms. The van der Waals surface area contributed by atoms with Gasteiger partial charge in [0.05, 0.1) is 7.11 Å². The highest BCUT2D eigenvalue weighted by Gasteiger charge is 2.36. The first-order valence-electron chi connectivity index (χ1n) is 6.96. The van der Waals surface area contributed by atoms with Crippen molar-refractivity contribution in [2.75, 3.05) is 13.7 Å². The van der Waals surface area contributed by atoms with Crippen LogP contribution in [0.1, 0.15) is 47.0 Å². The van der Waals surface area contributed by atoms with Crippen LogP contribution in [0.25, 0.3) is 0 Å². The lowest BCUT2D eigenvalue weighted by molar-refractivity contribution is -0.140. The second-order valence-electron chi connectivity index (χ2n) is 6.52. The molecule has 112 valence electrons. The van der Waals surface area contributed by atoms with Crippen molar-refractivity contribution in [3.8, 4) is 0 Å². The Morgan fingerprint density at radius 3 is 2.26 bits per heavy atom. The Hall–Kier alpha value is -0.613. The summed E-state index contributed by atoms with van der Waals surface area (Å²) in [5.74, 6) is -0.148. The molecule has 0 heterocycles. The fraction of sp³-hybridized carbons (Fsp3) is 0.800. The normalized spacial score (nSPS) is 13.5. The molecule has 0 aliphatic carbocycles. The van der Waals surface area contributed by atoms with Crippen molar-refractivity contribution in [3.05, 3.63) is 11.6 Å². The molecule has 4 heteroatoms. The van der Waals surface area contributed by atoms with Gasteiger partial charge >= 0.3 is 5.97 Å². The van der Waals surface area contributed by atoms with Crippen molar-refractivity contribution in [3.63, 3.8) is 0 Å². The zero-order chi connectivity index (χ0) is 15.1. The second kappa shape index (κ2) is 7.85. The molecule has 0 radical (unpaired) electrons. The molecule has 19 heavy (non-hydrogen) atoms. The molecule has 0 amide bonds. The monoisotopic (exact) mass is 286 g/mol. The zero-order valence-electron chi connectivity index (χ0n) is 13.6. The maximum atomic E-state index is 11.0. The largest absolute Gasteiger partial charge is 0.469 e. The fourth-order valence-electron chi connectivity index (χ4n) is 1.34. The molecule has 0 saturated carbocycles. The molecule has 3 nitrogen and oxygen atoms in total. The SMILES string of the molecule is COC(=O)CC/C(C)=C/CCO[Si](C)(C)C(C)(C)C. The van der Waals surface area contributed by atoms with Gasteiger partial charge in [0.2, 0.25) is 0 Å². The number of esters is 1. The van der Waals surface area contributed by atoms with Crippen molar-refractivity contribution in [1.82, 2.24) is 0 Å². The number of allylic oxidation sites excluding steroid dienone is 1. The third kappa shape index (κ3) is 7.53. The van der Waals surface area contributed by atoms with Gasteiger partial charge in [0.15, 0.2) is 8.32 Å². The molecule has 0 unspecified atom stereocenters. The van der Waals surface area contributed by atoms with E-state index in [-0.39, 0.29) is 11.0 Å². The molecule has 0 atom stereocenters. The molecule has 0 aliphatic heterocycles. The van der Waals surface area contributed by atoms with E-state index in [4.69, 9.17) is 4.43 Å². The molecular weight excluding hydrogens is 256 g/mol. The van der Waals surface area contributed by atoms with E-state index in [1.54, 1.807) is 0 Å². The van der Waals surface area contributed by atoms with E-state index in [9.17, 15) is 4.79 Å². The summed E-state index contributed by atoms with van der Waals surface area (Å²) in [5, 5.41) is 0.261. The summed E-state index contributed by atoms with van der Waals surface area (Å²) in [6, 6.07) is 0. The maximum absolute atomic E-state index is 11.0. The number of carbonyl (C=O) groups is 1. The van der Waals surface area contributed by atoms with Gasteiger partial charge in [-0.2, -0.15) is 0 Å². The average molecular weight is 286 g/mol. The van der Waals surface area contributed by atoms with E-state index in [0.29, 0.717) is 6.42 Å². The van der Waals surface area contributed by atoms with Gasteiger partial charge in [0.1, 0.15) is 0 Å². The van der Waals surface area contributed by atoms with Crippen LogP contribution in [-0.4, -0.2) is 28.0 Å². The van der Waals surface area contributed by atoms with Crippen LogP contribution in [-0.2, 0) is 14.0 Å². The van der Waals surface area contributed by atoms with Crippen molar-refractivity contribution in [1.29, 1.82) is 0 Å². The second-order valence-corrected chi connectivity index (χ2v) is 11.3. The summed E-state index contributed by atoms with van der Waals surface area (Å²) in [4.78, 5) is 11.0. The van der Waals surface area contributed by atoms with Crippen LogP contribution >= 0.6 is 0 Å². The van der Waals surface area contributed by atoms with Crippen LogP contribution < -0.4 is 0 Å². The minimum Gasteiger partial charge on any atom is -0.469 e. The number of hydrogen-bond donors (Lipinski definition) is 0. The van der Waals surface area contributed by atoms with E-state index >= 15 is 0 Å². The minimum absolute atomic E-state index is 0.148. The molecule has 0 aromatic heterocycles.